The van der Waals surface area contributed by atoms with Crippen molar-refractivity contribution in [1.29, 1.82) is 0 Å². The lowest BCUT2D eigenvalue weighted by Gasteiger charge is -2.51. The summed E-state index contributed by atoms with van der Waals surface area (Å²) in [6.07, 6.45) is 9.16. The van der Waals surface area contributed by atoms with Gasteiger partial charge in [-0.15, -0.1) is 0 Å². The van der Waals surface area contributed by atoms with Gasteiger partial charge in [-0.25, -0.2) is 9.97 Å². The summed E-state index contributed by atoms with van der Waals surface area (Å²) in [5, 5.41) is 2.82. The second-order valence-electron chi connectivity index (χ2n) is 8.10. The molecule has 7 heteroatoms. The van der Waals surface area contributed by atoms with Gasteiger partial charge in [0.2, 0.25) is 0 Å². The van der Waals surface area contributed by atoms with Gasteiger partial charge in [-0.05, 0) is 44.9 Å². The molecule has 0 unspecified atom stereocenters. The molecule has 156 valence electrons. The van der Waals surface area contributed by atoms with Crippen molar-refractivity contribution in [3.05, 3.63) is 41.6 Å². The molecular weight excluding hydrogens is 364 g/mol. The van der Waals surface area contributed by atoms with Gasteiger partial charge in [0, 0.05) is 44.5 Å². The molecular formula is C22H32N6O. The van der Waals surface area contributed by atoms with Crippen LogP contribution in [0.5, 0.6) is 0 Å². The number of fused-ring (bicyclic) bond motifs is 2. The number of piperidine rings is 1. The summed E-state index contributed by atoms with van der Waals surface area (Å²) in [7, 11) is 0. The molecule has 1 fully saturated rings. The molecule has 0 bridgehead atoms. The first-order valence-corrected chi connectivity index (χ1v) is 10.9. The maximum atomic E-state index is 12.0. The summed E-state index contributed by atoms with van der Waals surface area (Å²) in [6.45, 7) is 8.94. The predicted octanol–water partition coefficient (Wildman–Crippen LogP) is 2.71. The molecule has 2 aromatic heterocycles. The van der Waals surface area contributed by atoms with E-state index in [0.29, 0.717) is 12.1 Å². The molecule has 4 heterocycles. The molecule has 2 aliphatic rings. The molecule has 2 aromatic rings. The van der Waals surface area contributed by atoms with Gasteiger partial charge in [-0.2, -0.15) is 0 Å². The molecule has 1 saturated heterocycles. The molecule has 29 heavy (non-hydrogen) atoms. The Kier molecular flexibility index (Phi) is 5.85. The maximum absolute atomic E-state index is 12.0. The molecule has 0 atom stereocenters. The largest absolute Gasteiger partial charge is 0.356 e. The van der Waals surface area contributed by atoms with E-state index in [9.17, 15) is 4.79 Å². The number of pyridine rings is 1. The van der Waals surface area contributed by atoms with Crippen LogP contribution in [-0.2, 0) is 12.0 Å². The zero-order chi connectivity index (χ0) is 20.3. The van der Waals surface area contributed by atoms with Crippen LogP contribution in [0.1, 0.15) is 61.3 Å². The van der Waals surface area contributed by atoms with Crippen molar-refractivity contribution in [2.45, 2.75) is 51.5 Å². The van der Waals surface area contributed by atoms with Crippen molar-refractivity contribution in [3.63, 3.8) is 0 Å². The molecule has 1 amide bonds. The average molecular weight is 397 g/mol. The van der Waals surface area contributed by atoms with Crippen molar-refractivity contribution in [3.8, 4) is 0 Å². The number of nitrogens with one attached hydrogen (secondary N) is 2. The van der Waals surface area contributed by atoms with Gasteiger partial charge < -0.3 is 15.2 Å². The number of rotatable bonds is 6. The summed E-state index contributed by atoms with van der Waals surface area (Å²) in [6, 6.07) is 3.84. The summed E-state index contributed by atoms with van der Waals surface area (Å²) in [5.74, 6) is 0.884. The van der Waals surface area contributed by atoms with E-state index < -0.39 is 0 Å². The highest BCUT2D eigenvalue weighted by molar-refractivity contribution is 5.94. The molecule has 0 saturated carbocycles. The number of aromatic amines is 1. The first-order valence-electron chi connectivity index (χ1n) is 10.9. The van der Waals surface area contributed by atoms with Crippen LogP contribution >= 0.6 is 0 Å². The van der Waals surface area contributed by atoms with E-state index >= 15 is 0 Å². The maximum Gasteiger partial charge on any atom is 0.252 e. The van der Waals surface area contributed by atoms with Crippen LogP contribution in [0.25, 0.3) is 0 Å². The highest BCUT2D eigenvalue weighted by Crippen LogP contribution is 2.42. The minimum Gasteiger partial charge on any atom is -0.356 e. The van der Waals surface area contributed by atoms with Crippen molar-refractivity contribution in [2.75, 3.05) is 37.6 Å². The van der Waals surface area contributed by atoms with Gasteiger partial charge in [0.1, 0.15) is 5.82 Å². The SMILES string of the molecule is CCCCN1CCc2[nH]cnc2C12CCN(c1ccc(C(=O)NCC)cn1)CC2. The fourth-order valence-corrected chi connectivity index (χ4v) is 4.83. The standard InChI is InChI=1S/C22H32N6O/c1-3-5-11-28-12-8-18-20(26-16-25-18)22(28)9-13-27(14-10-22)19-7-6-17(15-24-19)21(29)23-4-2/h6-7,15-16H,3-5,8-14H2,1-2H3,(H,23,29)(H,25,26). The van der Waals surface area contributed by atoms with Crippen molar-refractivity contribution in [1.82, 2.24) is 25.2 Å². The Labute approximate surface area is 172 Å². The second-order valence-corrected chi connectivity index (χ2v) is 8.10. The minimum absolute atomic E-state index is 0.0419. The van der Waals surface area contributed by atoms with Gasteiger partial charge in [0.05, 0.1) is 23.1 Å². The van der Waals surface area contributed by atoms with Crippen LogP contribution in [0.2, 0.25) is 0 Å². The van der Waals surface area contributed by atoms with Gasteiger partial charge >= 0.3 is 0 Å². The lowest BCUT2D eigenvalue weighted by molar-refractivity contribution is 0.0431. The molecule has 0 radical (unpaired) electrons. The van der Waals surface area contributed by atoms with Gasteiger partial charge in [0.15, 0.2) is 0 Å². The van der Waals surface area contributed by atoms with E-state index in [2.05, 4.69) is 32.0 Å². The highest BCUT2D eigenvalue weighted by atomic mass is 16.1. The number of anilines is 1. The lowest BCUT2D eigenvalue weighted by atomic mass is 9.78. The van der Waals surface area contributed by atoms with Crippen LogP contribution in [0.15, 0.2) is 24.7 Å². The first-order chi connectivity index (χ1) is 14.2. The Bertz CT molecular complexity index is 822. The van der Waals surface area contributed by atoms with Gasteiger partial charge in [0.25, 0.3) is 5.91 Å². The quantitative estimate of drug-likeness (QED) is 0.785. The van der Waals surface area contributed by atoms with Crippen molar-refractivity contribution >= 4 is 11.7 Å². The number of carbonyl (C=O) groups excluding carboxylic acids is 1. The molecule has 2 aliphatic heterocycles. The number of imidazole rings is 1. The summed E-state index contributed by atoms with van der Waals surface area (Å²) < 4.78 is 0. The Balaban J connectivity index is 1.49. The van der Waals surface area contributed by atoms with Crippen LogP contribution < -0.4 is 10.2 Å². The second kappa shape index (κ2) is 8.53. The molecule has 7 nitrogen and oxygen atoms in total. The van der Waals surface area contributed by atoms with Gasteiger partial charge in [-0.1, -0.05) is 13.3 Å². The lowest BCUT2D eigenvalue weighted by Crippen LogP contribution is -2.56. The number of amides is 1. The third-order valence-corrected chi connectivity index (χ3v) is 6.44. The zero-order valence-corrected chi connectivity index (χ0v) is 17.6. The van der Waals surface area contributed by atoms with Crippen LogP contribution in [0.4, 0.5) is 5.82 Å². The number of nitrogens with zero attached hydrogens (tertiary/aromatic N) is 4. The highest BCUT2D eigenvalue weighted by Gasteiger charge is 2.46. The van der Waals surface area contributed by atoms with Crippen LogP contribution in [0, 0.1) is 0 Å². The van der Waals surface area contributed by atoms with E-state index in [-0.39, 0.29) is 11.4 Å². The van der Waals surface area contributed by atoms with Gasteiger partial charge in [-0.3, -0.25) is 9.69 Å². The van der Waals surface area contributed by atoms with E-state index in [0.717, 1.165) is 51.3 Å². The first kappa shape index (κ1) is 19.9. The fraction of sp³-hybridized carbons (Fsp3) is 0.591. The monoisotopic (exact) mass is 396 g/mol. The summed E-state index contributed by atoms with van der Waals surface area (Å²) in [5.41, 5.74) is 3.23. The van der Waals surface area contributed by atoms with E-state index in [4.69, 9.17) is 4.98 Å². The summed E-state index contributed by atoms with van der Waals surface area (Å²) in [4.78, 5) is 29.7. The fourth-order valence-electron chi connectivity index (χ4n) is 4.83. The van der Waals surface area contributed by atoms with E-state index in [1.54, 1.807) is 6.20 Å². The van der Waals surface area contributed by atoms with Crippen molar-refractivity contribution < 1.29 is 4.79 Å². The normalized spacial score (nSPS) is 18.6. The third kappa shape index (κ3) is 3.75. The number of H-pyrrole nitrogens is 1. The average Bonchev–Trinajstić information content (AvgIpc) is 3.24. The Morgan fingerprint density at radius 3 is 2.72 bits per heavy atom. The number of hydrogen-bond donors (Lipinski definition) is 2. The van der Waals surface area contributed by atoms with Crippen LogP contribution in [-0.4, -0.2) is 58.5 Å². The van der Waals surface area contributed by atoms with E-state index in [1.165, 1.54) is 24.2 Å². The Morgan fingerprint density at radius 1 is 1.21 bits per heavy atom. The Hall–Kier alpha value is -2.41. The smallest absolute Gasteiger partial charge is 0.252 e. The molecule has 0 aliphatic carbocycles. The molecule has 2 N–H and O–H groups in total. The third-order valence-electron chi connectivity index (χ3n) is 6.44. The molecule has 1 spiro atoms. The molecule has 4 rings (SSSR count). The minimum atomic E-state index is -0.0658. The topological polar surface area (TPSA) is 77.2 Å². The zero-order valence-electron chi connectivity index (χ0n) is 17.6. The molecule has 0 aromatic carbocycles. The number of aromatic nitrogens is 3. The summed E-state index contributed by atoms with van der Waals surface area (Å²) >= 11 is 0. The predicted molar refractivity (Wildman–Crippen MR) is 114 cm³/mol. The van der Waals surface area contributed by atoms with E-state index in [1.807, 2.05) is 25.4 Å². The number of carbonyl (C=O) groups is 1. The number of hydrogen-bond acceptors (Lipinski definition) is 5. The number of unbranched alkanes of at least 4 members (excludes halogenated alkanes) is 1. The Morgan fingerprint density at radius 2 is 2.03 bits per heavy atom. The van der Waals surface area contributed by atoms with Crippen molar-refractivity contribution in [2.24, 2.45) is 0 Å². The van der Waals surface area contributed by atoms with Crippen LogP contribution in [0.3, 0.4) is 0 Å².